The average Bonchev–Trinajstić information content (AvgIpc) is 2.99. The molecule has 1 heterocycles. The number of hydrogen-bond donors (Lipinski definition) is 0. The van der Waals surface area contributed by atoms with Crippen molar-refractivity contribution in [2.24, 2.45) is 0 Å². The highest BCUT2D eigenvalue weighted by Crippen LogP contribution is 2.27. The summed E-state index contributed by atoms with van der Waals surface area (Å²) in [6.45, 7) is 1.81. The molecule has 0 atom stereocenters. The van der Waals surface area contributed by atoms with Crippen LogP contribution in [0, 0.1) is 11.6 Å². The van der Waals surface area contributed by atoms with Crippen LogP contribution in [0.3, 0.4) is 0 Å². The summed E-state index contributed by atoms with van der Waals surface area (Å²) >= 11 is 0. The molecule has 3 rings (SSSR count). The minimum absolute atomic E-state index is 0.0120. The number of carbonyl (C=O) groups is 1. The summed E-state index contributed by atoms with van der Waals surface area (Å²) in [4.78, 5) is 11.5. The minimum Gasteiger partial charge on any atom is -0.434 e. The Bertz CT molecular complexity index is 892. The van der Waals surface area contributed by atoms with E-state index in [1.165, 1.54) is 47.1 Å². The first-order chi connectivity index (χ1) is 12.1. The summed E-state index contributed by atoms with van der Waals surface area (Å²) < 4.78 is 37.9. The van der Waals surface area contributed by atoms with Crippen LogP contribution in [-0.2, 0) is 4.74 Å². The number of ether oxygens (including phenoxy) is 2. The maximum absolute atomic E-state index is 13.6. The fourth-order valence-corrected chi connectivity index (χ4v) is 2.27. The van der Waals surface area contributed by atoms with Crippen molar-refractivity contribution < 1.29 is 23.0 Å². The van der Waals surface area contributed by atoms with Crippen molar-refractivity contribution in [3.63, 3.8) is 0 Å². The van der Waals surface area contributed by atoms with E-state index < -0.39 is 17.8 Å². The van der Waals surface area contributed by atoms with Gasteiger partial charge in [0.2, 0.25) is 5.88 Å². The van der Waals surface area contributed by atoms with E-state index in [-0.39, 0.29) is 12.5 Å². The monoisotopic (exact) mass is 344 g/mol. The molecule has 0 aliphatic heterocycles. The average molecular weight is 344 g/mol. The van der Waals surface area contributed by atoms with Gasteiger partial charge >= 0.3 is 6.16 Å². The molecule has 0 unspecified atom stereocenters. The van der Waals surface area contributed by atoms with Crippen LogP contribution in [0.2, 0.25) is 0 Å². The van der Waals surface area contributed by atoms with Crippen molar-refractivity contribution in [1.29, 1.82) is 0 Å². The van der Waals surface area contributed by atoms with E-state index in [9.17, 15) is 13.6 Å². The van der Waals surface area contributed by atoms with Crippen molar-refractivity contribution in [2.75, 3.05) is 6.61 Å². The molecule has 0 radical (unpaired) electrons. The van der Waals surface area contributed by atoms with Crippen LogP contribution >= 0.6 is 0 Å². The Kier molecular flexibility index (Phi) is 4.74. The van der Waals surface area contributed by atoms with Gasteiger partial charge < -0.3 is 9.47 Å². The molecule has 0 aliphatic carbocycles. The van der Waals surface area contributed by atoms with Crippen molar-refractivity contribution in [3.8, 4) is 22.8 Å². The van der Waals surface area contributed by atoms with Gasteiger partial charge in [-0.3, -0.25) is 0 Å². The number of aromatic nitrogens is 2. The highest BCUT2D eigenvalue weighted by Gasteiger charge is 2.16. The lowest BCUT2D eigenvalue weighted by atomic mass is 10.1. The highest BCUT2D eigenvalue weighted by molar-refractivity contribution is 5.67. The molecule has 1 aromatic heterocycles. The number of nitrogens with zero attached hydrogens (tertiary/aromatic N) is 2. The first-order valence-electron chi connectivity index (χ1n) is 7.53. The van der Waals surface area contributed by atoms with Crippen LogP contribution in [0.25, 0.3) is 16.9 Å². The van der Waals surface area contributed by atoms with Crippen LogP contribution in [0.5, 0.6) is 5.88 Å². The molecule has 5 nitrogen and oxygen atoms in total. The summed E-state index contributed by atoms with van der Waals surface area (Å²) in [7, 11) is 0. The second-order valence-corrected chi connectivity index (χ2v) is 5.05. The van der Waals surface area contributed by atoms with Crippen LogP contribution < -0.4 is 4.74 Å². The number of halogens is 2. The molecule has 0 fully saturated rings. The first-order valence-corrected chi connectivity index (χ1v) is 7.53. The van der Waals surface area contributed by atoms with Crippen LogP contribution in [0.1, 0.15) is 6.92 Å². The van der Waals surface area contributed by atoms with Crippen molar-refractivity contribution in [2.45, 2.75) is 6.92 Å². The predicted molar refractivity (Wildman–Crippen MR) is 86.6 cm³/mol. The van der Waals surface area contributed by atoms with Crippen LogP contribution in [0.15, 0.2) is 54.6 Å². The van der Waals surface area contributed by atoms with Gasteiger partial charge in [0.05, 0.1) is 18.0 Å². The zero-order valence-corrected chi connectivity index (χ0v) is 13.3. The van der Waals surface area contributed by atoms with E-state index in [2.05, 4.69) is 5.10 Å². The Hall–Kier alpha value is -3.22. The molecule has 25 heavy (non-hydrogen) atoms. The number of benzene rings is 2. The maximum atomic E-state index is 13.6. The van der Waals surface area contributed by atoms with Crippen molar-refractivity contribution >= 4 is 6.16 Å². The van der Waals surface area contributed by atoms with Crippen LogP contribution in [-0.4, -0.2) is 22.5 Å². The van der Waals surface area contributed by atoms with Crippen molar-refractivity contribution in [1.82, 2.24) is 9.78 Å². The van der Waals surface area contributed by atoms with Gasteiger partial charge in [-0.2, -0.15) is 0 Å². The molecule has 128 valence electrons. The molecular formula is C18H14F2N2O3. The molecule has 0 N–H and O–H groups in total. The standard InChI is InChI=1S/C18H14F2N2O3/c1-2-24-18(23)25-17-11-16(12-4-3-5-14(20)10-12)22(21-17)15-8-6-13(19)7-9-15/h3-11H,2H2,1H3. The van der Waals surface area contributed by atoms with Gasteiger partial charge in [0.1, 0.15) is 11.6 Å². The molecule has 0 saturated heterocycles. The molecule has 0 spiro atoms. The largest absolute Gasteiger partial charge is 0.515 e. The molecular weight excluding hydrogens is 330 g/mol. The topological polar surface area (TPSA) is 53.4 Å². The molecule has 0 aliphatic rings. The Morgan fingerprint density at radius 1 is 1.08 bits per heavy atom. The molecule has 7 heteroatoms. The van der Waals surface area contributed by atoms with Gasteiger partial charge in [-0.25, -0.2) is 18.3 Å². The van der Waals surface area contributed by atoms with E-state index in [1.807, 2.05) is 0 Å². The van der Waals surface area contributed by atoms with Crippen molar-refractivity contribution in [3.05, 3.63) is 66.2 Å². The summed E-state index contributed by atoms with van der Waals surface area (Å²) in [5.74, 6) is -0.828. The smallest absolute Gasteiger partial charge is 0.434 e. The highest BCUT2D eigenvalue weighted by atomic mass is 19.1. The van der Waals surface area contributed by atoms with Gasteiger partial charge in [0.15, 0.2) is 0 Å². The summed E-state index contributed by atoms with van der Waals surface area (Å²) in [5.41, 5.74) is 1.53. The minimum atomic E-state index is -0.892. The van der Waals surface area contributed by atoms with Gasteiger partial charge in [-0.15, -0.1) is 5.10 Å². The Morgan fingerprint density at radius 2 is 1.84 bits per heavy atom. The zero-order chi connectivity index (χ0) is 17.8. The lowest BCUT2D eigenvalue weighted by Crippen LogP contribution is -2.10. The molecule has 2 aromatic carbocycles. The fourth-order valence-electron chi connectivity index (χ4n) is 2.27. The van der Waals surface area contributed by atoms with E-state index in [0.717, 1.165) is 0 Å². The second-order valence-electron chi connectivity index (χ2n) is 5.05. The quantitative estimate of drug-likeness (QED) is 0.660. The summed E-state index contributed by atoms with van der Waals surface area (Å²) in [6.07, 6.45) is -0.892. The Labute approximate surface area is 142 Å². The molecule has 0 saturated carbocycles. The van der Waals surface area contributed by atoms with E-state index in [4.69, 9.17) is 9.47 Å². The summed E-state index contributed by atoms with van der Waals surface area (Å²) in [6, 6.07) is 12.9. The molecule has 0 bridgehead atoms. The third-order valence-corrected chi connectivity index (χ3v) is 3.33. The van der Waals surface area contributed by atoms with E-state index in [0.29, 0.717) is 16.9 Å². The predicted octanol–water partition coefficient (Wildman–Crippen LogP) is 4.35. The van der Waals surface area contributed by atoms with Crippen LogP contribution in [0.4, 0.5) is 13.6 Å². The normalized spacial score (nSPS) is 10.5. The third kappa shape index (κ3) is 3.82. The maximum Gasteiger partial charge on any atom is 0.515 e. The lowest BCUT2D eigenvalue weighted by Gasteiger charge is -2.07. The Morgan fingerprint density at radius 3 is 2.52 bits per heavy atom. The first kappa shape index (κ1) is 16.6. The number of carbonyl (C=O) groups excluding carboxylic acids is 1. The van der Waals surface area contributed by atoms with Gasteiger partial charge in [0, 0.05) is 11.6 Å². The number of rotatable bonds is 4. The zero-order valence-electron chi connectivity index (χ0n) is 13.3. The van der Waals surface area contributed by atoms with E-state index in [1.54, 1.807) is 19.1 Å². The lowest BCUT2D eigenvalue weighted by molar-refractivity contribution is 0.102. The van der Waals surface area contributed by atoms with E-state index >= 15 is 0 Å². The number of hydrogen-bond acceptors (Lipinski definition) is 4. The SMILES string of the molecule is CCOC(=O)Oc1cc(-c2cccc(F)c2)n(-c2ccc(F)cc2)n1. The van der Waals surface area contributed by atoms with Gasteiger partial charge in [-0.05, 0) is 43.3 Å². The third-order valence-electron chi connectivity index (χ3n) is 3.33. The fraction of sp³-hybridized carbons (Fsp3) is 0.111. The molecule has 3 aromatic rings. The second kappa shape index (κ2) is 7.12. The van der Waals surface area contributed by atoms with Gasteiger partial charge in [0.25, 0.3) is 0 Å². The van der Waals surface area contributed by atoms with Gasteiger partial charge in [-0.1, -0.05) is 12.1 Å². The Balaban J connectivity index is 2.06. The molecule has 0 amide bonds. The summed E-state index contributed by atoms with van der Waals surface area (Å²) in [5, 5.41) is 4.19.